The zero-order valence-electron chi connectivity index (χ0n) is 34.8. The number of rotatable bonds is 12. The summed E-state index contributed by atoms with van der Waals surface area (Å²) in [6, 6.07) is -0.611. The zero-order chi connectivity index (χ0) is 39.9. The van der Waals surface area contributed by atoms with Gasteiger partial charge in [0.25, 0.3) is 0 Å². The molecule has 0 aromatic carbocycles. The number of Topliss-reactive ketones (excluding diaryl/α,β-unsaturated/α-hetero) is 1. The van der Waals surface area contributed by atoms with E-state index in [1.54, 1.807) is 6.92 Å². The molecule has 10 nitrogen and oxygen atoms in total. The molecule has 0 radical (unpaired) electrons. The van der Waals surface area contributed by atoms with Gasteiger partial charge in [-0.2, -0.15) is 17.1 Å². The van der Waals surface area contributed by atoms with Crippen LogP contribution in [0.2, 0.25) is 0 Å². The molecule has 56 heavy (non-hydrogen) atoms. The summed E-state index contributed by atoms with van der Waals surface area (Å²) < 4.78 is 11.0. The SMILES string of the molecule is CC[C@H]1/C2=C/c3[n-]c4c(c3C)=C(O)[C@H](C(=O)OC)C=4C3[N-]/C(=C\c4[n-]c(c(C(C)=O)c4C)/C=C(\[N-]2)[C@@H]1C)[C@@H](C)[C@@H]3CCC(=O)OC/C=C(\C)CCCC(C)C.[Mg+2]. The molecule has 1 N–H and O–H groups in total. The number of nitrogens with zero attached hydrogens (tertiary/aromatic N) is 4. The number of carbonyl (C=O) groups is 3. The van der Waals surface area contributed by atoms with Crippen LogP contribution in [-0.4, -0.2) is 65.6 Å². The van der Waals surface area contributed by atoms with E-state index in [2.05, 4.69) is 41.5 Å². The Morgan fingerprint density at radius 3 is 2.27 bits per heavy atom. The van der Waals surface area contributed by atoms with Gasteiger partial charge in [-0.3, -0.25) is 14.4 Å². The van der Waals surface area contributed by atoms with Gasteiger partial charge in [-0.1, -0.05) is 94.0 Å². The van der Waals surface area contributed by atoms with E-state index in [9.17, 15) is 19.5 Å². The summed E-state index contributed by atoms with van der Waals surface area (Å²) in [5.74, 6) is -1.77. The first-order valence-electron chi connectivity index (χ1n) is 19.9. The molecule has 2 aromatic rings. The van der Waals surface area contributed by atoms with Crippen LogP contribution in [0.5, 0.6) is 0 Å². The fourth-order valence-electron chi connectivity index (χ4n) is 8.95. The van der Waals surface area contributed by atoms with Crippen molar-refractivity contribution >= 4 is 70.3 Å². The summed E-state index contributed by atoms with van der Waals surface area (Å²) in [6.07, 6.45) is 12.5. The van der Waals surface area contributed by atoms with Gasteiger partial charge < -0.3 is 35.2 Å². The molecule has 1 unspecified atom stereocenters. The van der Waals surface area contributed by atoms with Crippen LogP contribution < -0.4 is 20.5 Å². The molecule has 296 valence electrons. The van der Waals surface area contributed by atoms with E-state index in [4.69, 9.17) is 30.1 Å². The summed E-state index contributed by atoms with van der Waals surface area (Å²) in [4.78, 5) is 50.0. The van der Waals surface area contributed by atoms with Gasteiger partial charge in [0.1, 0.15) is 18.3 Å². The van der Waals surface area contributed by atoms with Crippen molar-refractivity contribution in [1.82, 2.24) is 9.97 Å². The van der Waals surface area contributed by atoms with Crippen LogP contribution in [0.15, 0.2) is 28.7 Å². The minimum atomic E-state index is -1.09. The molecule has 0 saturated carbocycles. The molecule has 8 bridgehead atoms. The fraction of sp³-hybridized carbons (Fsp3) is 0.533. The van der Waals surface area contributed by atoms with Gasteiger partial charge in [-0.25, -0.2) is 0 Å². The van der Waals surface area contributed by atoms with Crippen molar-refractivity contribution in [2.45, 2.75) is 107 Å². The van der Waals surface area contributed by atoms with Crippen LogP contribution in [0.1, 0.15) is 126 Å². The molecule has 2 saturated heterocycles. The second-order valence-corrected chi connectivity index (χ2v) is 16.3. The average molecular weight is 773 g/mol. The molecule has 0 spiro atoms. The third-order valence-corrected chi connectivity index (χ3v) is 12.2. The Bertz CT molecular complexity index is 2130. The molecule has 1 aliphatic carbocycles. The first-order chi connectivity index (χ1) is 26.2. The molecular weight excluding hydrogens is 717 g/mol. The molecule has 6 atom stereocenters. The van der Waals surface area contributed by atoms with Crippen molar-refractivity contribution in [3.05, 3.63) is 83.7 Å². The molecule has 3 aliphatic heterocycles. The van der Waals surface area contributed by atoms with E-state index in [1.807, 2.05) is 38.2 Å². The maximum absolute atomic E-state index is 13.5. The largest absolute Gasteiger partial charge is 2.00 e. The van der Waals surface area contributed by atoms with Crippen molar-refractivity contribution in [2.24, 2.45) is 35.5 Å². The average Bonchev–Trinajstić information content (AvgIpc) is 3.87. The van der Waals surface area contributed by atoms with Crippen LogP contribution in [0, 0.1) is 49.4 Å². The molecule has 4 aliphatic rings. The number of aliphatic hydroxyl groups is 1. The van der Waals surface area contributed by atoms with E-state index in [0.29, 0.717) is 51.1 Å². The van der Waals surface area contributed by atoms with Gasteiger partial charge in [-0.15, -0.1) is 22.4 Å². The summed E-state index contributed by atoms with van der Waals surface area (Å²) in [6.45, 7) is 18.4. The zero-order valence-corrected chi connectivity index (χ0v) is 36.2. The predicted molar refractivity (Wildman–Crippen MR) is 222 cm³/mol. The van der Waals surface area contributed by atoms with E-state index in [-0.39, 0.29) is 77.3 Å². The Morgan fingerprint density at radius 1 is 0.929 bits per heavy atom. The molecule has 2 aromatic heterocycles. The van der Waals surface area contributed by atoms with Gasteiger partial charge in [0.2, 0.25) is 0 Å². The van der Waals surface area contributed by atoms with Gasteiger partial charge in [-0.05, 0) is 82.6 Å². The Labute approximate surface area is 347 Å². The van der Waals surface area contributed by atoms with Crippen molar-refractivity contribution in [3.63, 3.8) is 0 Å². The van der Waals surface area contributed by atoms with E-state index in [1.165, 1.54) is 12.7 Å². The van der Waals surface area contributed by atoms with Gasteiger partial charge in [0, 0.05) is 17.2 Å². The van der Waals surface area contributed by atoms with Gasteiger partial charge in [0.15, 0.2) is 5.78 Å². The third kappa shape index (κ3) is 8.21. The van der Waals surface area contributed by atoms with Crippen LogP contribution in [0.4, 0.5) is 0 Å². The monoisotopic (exact) mass is 772 g/mol. The molecular formula is C45H56MgN4O6-2. The molecule has 11 heteroatoms. The number of carbonyl (C=O) groups excluding carboxylic acids is 3. The van der Waals surface area contributed by atoms with Crippen LogP contribution >= 0.6 is 0 Å². The summed E-state index contributed by atoms with van der Waals surface area (Å²) in [5.41, 5.74) is 8.15. The number of hydrogen-bond acceptors (Lipinski definition) is 6. The predicted octanol–water partition coefficient (Wildman–Crippen LogP) is 7.55. The maximum atomic E-state index is 13.5. The minimum absolute atomic E-state index is 0. The number of hydrogen-bond donors (Lipinski definition) is 1. The summed E-state index contributed by atoms with van der Waals surface area (Å²) in [5, 5.41) is 23.2. The van der Waals surface area contributed by atoms with Gasteiger partial charge >= 0.3 is 35.0 Å². The molecule has 0 amide bonds. The Balaban J connectivity index is 0.00000600. The Morgan fingerprint density at radius 2 is 1.61 bits per heavy atom. The minimum Gasteiger partial charge on any atom is -0.681 e. The van der Waals surface area contributed by atoms with Crippen molar-refractivity contribution in [2.75, 3.05) is 13.7 Å². The Kier molecular flexibility index (Phi) is 13.6. The topological polar surface area (TPSA) is 146 Å². The second kappa shape index (κ2) is 17.7. The number of allylic oxidation sites excluding steroid dienone is 4. The summed E-state index contributed by atoms with van der Waals surface area (Å²) >= 11 is 0. The van der Waals surface area contributed by atoms with E-state index in [0.717, 1.165) is 53.9 Å². The fourth-order valence-corrected chi connectivity index (χ4v) is 8.95. The van der Waals surface area contributed by atoms with Crippen molar-refractivity contribution < 1.29 is 29.0 Å². The number of methoxy groups -OCH3 is 1. The van der Waals surface area contributed by atoms with Crippen LogP contribution in [-0.2, 0) is 19.1 Å². The van der Waals surface area contributed by atoms with Gasteiger partial charge in [0.05, 0.1) is 7.11 Å². The first kappa shape index (κ1) is 43.2. The number of fused-ring (bicyclic) bond motifs is 8. The number of aliphatic hydroxyl groups excluding tert-OH is 1. The normalized spacial score (nSPS) is 26.7. The van der Waals surface area contributed by atoms with Crippen LogP contribution in [0.25, 0.3) is 40.2 Å². The molecule has 5 heterocycles. The summed E-state index contributed by atoms with van der Waals surface area (Å²) in [7, 11) is 1.31. The molecule has 6 rings (SSSR count). The Hall–Kier alpha value is -3.96. The third-order valence-electron chi connectivity index (χ3n) is 12.2. The number of aromatic nitrogens is 2. The quantitative estimate of drug-likeness (QED) is 0.101. The maximum Gasteiger partial charge on any atom is 2.00 e. The standard InChI is InChI=1S/C45H57N4O6.Mg/c1-11-29-24(5)31-21-36-38(28(9)50)26(7)33(47-36)19-32-25(6)30(15-16-37(51)55-18-17-23(4)14-12-13-22(2)3)42(48-32)40-41(45(53)54-10)44(52)39-27(8)34(49-43(39)40)20-35(29)46-31;/h17,19-22,24-25,29-30,41-42H,11-16,18H2,1-10H3,(H2-,46,47,50,52);/q-3;+2/p-1/b23-17+,32-19-,35-20-;/t24-,25+,29-,30+,41-,42?;/m1./s1. The number of ether oxygens (including phenoxy) is 2. The van der Waals surface area contributed by atoms with Crippen LogP contribution in [0.3, 0.4) is 0 Å². The van der Waals surface area contributed by atoms with E-state index < -0.39 is 17.9 Å². The van der Waals surface area contributed by atoms with Crippen molar-refractivity contribution in [3.8, 4) is 0 Å². The number of esters is 2. The molecule has 2 fully saturated rings. The first-order valence-corrected chi connectivity index (χ1v) is 19.9. The van der Waals surface area contributed by atoms with E-state index >= 15 is 0 Å². The second-order valence-electron chi connectivity index (χ2n) is 16.3. The smallest absolute Gasteiger partial charge is 0.681 e. The number of ketones is 1. The van der Waals surface area contributed by atoms with Crippen molar-refractivity contribution in [1.29, 1.82) is 0 Å².